The van der Waals surface area contributed by atoms with Gasteiger partial charge in [0.25, 0.3) is 0 Å². The molecular formula is C7H15NO3S. The van der Waals surface area contributed by atoms with Crippen LogP contribution in [-0.4, -0.2) is 33.9 Å². The molecule has 1 N–H and O–H groups in total. The Bertz CT molecular complexity index is 237. The highest BCUT2D eigenvalue weighted by atomic mass is 32.2. The molecule has 0 aromatic carbocycles. The van der Waals surface area contributed by atoms with Crippen molar-refractivity contribution >= 4 is 10.0 Å². The molecular weight excluding hydrogens is 178 g/mol. The van der Waals surface area contributed by atoms with Crippen LogP contribution in [0.15, 0.2) is 0 Å². The Balaban J connectivity index is 2.72. The van der Waals surface area contributed by atoms with Crippen LogP contribution in [0, 0.1) is 5.92 Å². The summed E-state index contributed by atoms with van der Waals surface area (Å²) in [5, 5.41) is -0.281. The molecule has 1 rings (SSSR count). The van der Waals surface area contributed by atoms with Gasteiger partial charge in [-0.2, -0.15) is 0 Å². The van der Waals surface area contributed by atoms with Gasteiger partial charge in [-0.3, -0.25) is 0 Å². The van der Waals surface area contributed by atoms with Crippen molar-refractivity contribution in [2.24, 2.45) is 5.92 Å². The van der Waals surface area contributed by atoms with E-state index in [1.807, 2.05) is 6.92 Å². The molecule has 0 spiro atoms. The Kier molecular flexibility index (Phi) is 3.09. The minimum atomic E-state index is -3.10. The minimum Gasteiger partial charge on any atom is -0.381 e. The van der Waals surface area contributed by atoms with Gasteiger partial charge in [0.05, 0.1) is 11.9 Å². The molecule has 0 aromatic rings. The van der Waals surface area contributed by atoms with Crippen molar-refractivity contribution in [1.29, 1.82) is 0 Å². The van der Waals surface area contributed by atoms with Crippen molar-refractivity contribution in [3.63, 3.8) is 0 Å². The lowest BCUT2D eigenvalue weighted by molar-refractivity contribution is 0.0635. The standard InChI is InChI=1S/C7H15NO3S/c1-6-5-11-4-3-7(6)12(9,10)8-2/h6-8H,3-5H2,1-2H3/t6-,7-/m0/s1. The Hall–Kier alpha value is -0.130. The summed E-state index contributed by atoms with van der Waals surface area (Å²) in [5.74, 6) is 0.0937. The van der Waals surface area contributed by atoms with Crippen LogP contribution in [0.1, 0.15) is 13.3 Å². The zero-order valence-electron chi connectivity index (χ0n) is 7.41. The third-order valence-electron chi connectivity index (χ3n) is 2.25. The molecule has 1 aliphatic rings. The van der Waals surface area contributed by atoms with Gasteiger partial charge in [-0.05, 0) is 19.4 Å². The first-order valence-electron chi connectivity index (χ1n) is 4.08. The Morgan fingerprint density at radius 1 is 1.50 bits per heavy atom. The van der Waals surface area contributed by atoms with Crippen LogP contribution >= 0.6 is 0 Å². The molecule has 1 fully saturated rings. The number of hydrogen-bond acceptors (Lipinski definition) is 3. The highest BCUT2D eigenvalue weighted by Gasteiger charge is 2.32. The average Bonchev–Trinajstić information content (AvgIpc) is 2.05. The summed E-state index contributed by atoms with van der Waals surface area (Å²) in [6.07, 6.45) is 0.602. The molecule has 0 aromatic heterocycles. The molecule has 0 amide bonds. The van der Waals surface area contributed by atoms with Crippen LogP contribution in [0.3, 0.4) is 0 Å². The van der Waals surface area contributed by atoms with Crippen LogP contribution < -0.4 is 4.72 Å². The second kappa shape index (κ2) is 3.72. The Morgan fingerprint density at radius 2 is 2.17 bits per heavy atom. The van der Waals surface area contributed by atoms with Gasteiger partial charge < -0.3 is 4.74 Å². The highest BCUT2D eigenvalue weighted by Crippen LogP contribution is 2.20. The van der Waals surface area contributed by atoms with E-state index >= 15 is 0 Å². The van der Waals surface area contributed by atoms with Gasteiger partial charge in [0, 0.05) is 6.61 Å². The third kappa shape index (κ3) is 1.97. The molecule has 4 nitrogen and oxygen atoms in total. The number of ether oxygens (including phenoxy) is 1. The predicted molar refractivity (Wildman–Crippen MR) is 46.4 cm³/mol. The fourth-order valence-corrected chi connectivity index (χ4v) is 2.87. The molecule has 0 saturated carbocycles. The summed E-state index contributed by atoms with van der Waals surface area (Å²) in [7, 11) is -1.64. The number of rotatable bonds is 2. The summed E-state index contributed by atoms with van der Waals surface area (Å²) < 4.78 is 30.3. The number of hydrogen-bond donors (Lipinski definition) is 1. The van der Waals surface area contributed by atoms with Crippen molar-refractivity contribution in [2.45, 2.75) is 18.6 Å². The van der Waals surface area contributed by atoms with Gasteiger partial charge in [0.1, 0.15) is 0 Å². The van der Waals surface area contributed by atoms with Crippen molar-refractivity contribution in [3.8, 4) is 0 Å². The van der Waals surface area contributed by atoms with E-state index in [1.54, 1.807) is 0 Å². The van der Waals surface area contributed by atoms with Crippen LogP contribution in [0.2, 0.25) is 0 Å². The lowest BCUT2D eigenvalue weighted by Crippen LogP contribution is -2.41. The normalized spacial score (nSPS) is 31.8. The van der Waals surface area contributed by atoms with E-state index in [4.69, 9.17) is 4.74 Å². The highest BCUT2D eigenvalue weighted by molar-refractivity contribution is 7.90. The Labute approximate surface area is 73.3 Å². The first-order valence-corrected chi connectivity index (χ1v) is 5.62. The van der Waals surface area contributed by atoms with Gasteiger partial charge >= 0.3 is 0 Å². The molecule has 0 aliphatic carbocycles. The maximum atomic E-state index is 11.4. The maximum absolute atomic E-state index is 11.4. The Morgan fingerprint density at radius 3 is 2.67 bits per heavy atom. The van der Waals surface area contributed by atoms with Crippen LogP contribution in [0.4, 0.5) is 0 Å². The molecule has 1 heterocycles. The first kappa shape index (κ1) is 9.95. The average molecular weight is 193 g/mol. The van der Waals surface area contributed by atoms with Gasteiger partial charge in [0.2, 0.25) is 10.0 Å². The van der Waals surface area contributed by atoms with Crippen LogP contribution in [0.5, 0.6) is 0 Å². The molecule has 5 heteroatoms. The lowest BCUT2D eigenvalue weighted by atomic mass is 10.0. The van der Waals surface area contributed by atoms with E-state index in [9.17, 15) is 8.42 Å². The first-order chi connectivity index (χ1) is 5.58. The molecule has 1 saturated heterocycles. The smallest absolute Gasteiger partial charge is 0.214 e. The molecule has 72 valence electrons. The van der Waals surface area contributed by atoms with E-state index in [1.165, 1.54) is 7.05 Å². The van der Waals surface area contributed by atoms with E-state index < -0.39 is 10.0 Å². The number of sulfonamides is 1. The zero-order valence-corrected chi connectivity index (χ0v) is 8.23. The summed E-state index contributed by atoms with van der Waals surface area (Å²) in [4.78, 5) is 0. The quantitative estimate of drug-likeness (QED) is 0.669. The molecule has 0 bridgehead atoms. The summed E-state index contributed by atoms with van der Waals surface area (Å²) in [6.45, 7) is 3.00. The summed E-state index contributed by atoms with van der Waals surface area (Å²) in [6, 6.07) is 0. The van der Waals surface area contributed by atoms with Crippen molar-refractivity contribution in [1.82, 2.24) is 4.72 Å². The largest absolute Gasteiger partial charge is 0.381 e. The lowest BCUT2D eigenvalue weighted by Gasteiger charge is -2.27. The van der Waals surface area contributed by atoms with E-state index in [-0.39, 0.29) is 11.2 Å². The van der Waals surface area contributed by atoms with Crippen LogP contribution in [0.25, 0.3) is 0 Å². The minimum absolute atomic E-state index is 0.0937. The van der Waals surface area contributed by atoms with Gasteiger partial charge in [-0.25, -0.2) is 13.1 Å². The third-order valence-corrected chi connectivity index (χ3v) is 4.31. The van der Waals surface area contributed by atoms with Crippen LogP contribution in [-0.2, 0) is 14.8 Å². The second-order valence-corrected chi connectivity index (χ2v) is 5.23. The van der Waals surface area contributed by atoms with Crippen molar-refractivity contribution in [2.75, 3.05) is 20.3 Å². The van der Waals surface area contributed by atoms with Gasteiger partial charge in [-0.1, -0.05) is 6.92 Å². The van der Waals surface area contributed by atoms with Crippen molar-refractivity contribution < 1.29 is 13.2 Å². The molecule has 2 atom stereocenters. The molecule has 1 aliphatic heterocycles. The summed E-state index contributed by atoms with van der Waals surface area (Å²) >= 11 is 0. The predicted octanol–water partition coefficient (Wildman–Crippen LogP) is -0.0394. The van der Waals surface area contributed by atoms with E-state index in [0.29, 0.717) is 19.6 Å². The zero-order chi connectivity index (χ0) is 9.19. The van der Waals surface area contributed by atoms with Gasteiger partial charge in [-0.15, -0.1) is 0 Å². The maximum Gasteiger partial charge on any atom is 0.214 e. The fourth-order valence-electron chi connectivity index (χ4n) is 1.47. The summed E-state index contributed by atoms with van der Waals surface area (Å²) in [5.41, 5.74) is 0. The topological polar surface area (TPSA) is 55.4 Å². The fraction of sp³-hybridized carbons (Fsp3) is 1.00. The van der Waals surface area contributed by atoms with Crippen molar-refractivity contribution in [3.05, 3.63) is 0 Å². The second-order valence-electron chi connectivity index (χ2n) is 3.13. The van der Waals surface area contributed by atoms with E-state index in [2.05, 4.69) is 4.72 Å². The SMILES string of the molecule is CNS(=O)(=O)[C@H]1CCOC[C@@H]1C. The van der Waals surface area contributed by atoms with E-state index in [0.717, 1.165) is 0 Å². The van der Waals surface area contributed by atoms with Gasteiger partial charge in [0.15, 0.2) is 0 Å². The molecule has 0 unspecified atom stereocenters. The number of nitrogens with one attached hydrogen (secondary N) is 1. The molecule has 0 radical (unpaired) electrons. The molecule has 12 heavy (non-hydrogen) atoms. The monoisotopic (exact) mass is 193 g/mol.